The summed E-state index contributed by atoms with van der Waals surface area (Å²) in [5.41, 5.74) is 0.848. The number of aliphatic hydroxyl groups is 1. The summed E-state index contributed by atoms with van der Waals surface area (Å²) in [5.74, 6) is 0.410. The first kappa shape index (κ1) is 14.0. The van der Waals surface area contributed by atoms with Gasteiger partial charge in [-0.25, -0.2) is 8.42 Å². The number of aliphatic hydroxyl groups excluding tert-OH is 1. The van der Waals surface area contributed by atoms with Crippen molar-refractivity contribution in [2.75, 3.05) is 6.54 Å². The molecule has 2 unspecified atom stereocenters. The predicted octanol–water partition coefficient (Wildman–Crippen LogP) is 1.97. The van der Waals surface area contributed by atoms with Gasteiger partial charge in [-0.15, -0.1) is 11.3 Å². The molecule has 0 aromatic carbocycles. The van der Waals surface area contributed by atoms with Gasteiger partial charge in [0.05, 0.1) is 6.61 Å². The lowest BCUT2D eigenvalue weighted by molar-refractivity contribution is 0.285. The van der Waals surface area contributed by atoms with Gasteiger partial charge in [0, 0.05) is 17.5 Å². The Kier molecular flexibility index (Phi) is 3.82. The lowest BCUT2D eigenvalue weighted by Crippen LogP contribution is -2.33. The third kappa shape index (κ3) is 2.34. The van der Waals surface area contributed by atoms with Crippen LogP contribution in [0.25, 0.3) is 0 Å². The molecule has 102 valence electrons. The zero-order chi connectivity index (χ0) is 13.5. The van der Waals surface area contributed by atoms with E-state index in [0.717, 1.165) is 16.9 Å². The number of nitrogens with zero attached hydrogens (tertiary/aromatic N) is 1. The Morgan fingerprint density at radius 3 is 2.61 bits per heavy atom. The van der Waals surface area contributed by atoms with Crippen LogP contribution in [0.15, 0.2) is 10.3 Å². The maximum Gasteiger partial charge on any atom is 0.252 e. The minimum absolute atomic E-state index is 0.0602. The minimum Gasteiger partial charge on any atom is -0.391 e. The summed E-state index contributed by atoms with van der Waals surface area (Å²) in [6.07, 6.45) is 0.913. The smallest absolute Gasteiger partial charge is 0.252 e. The van der Waals surface area contributed by atoms with Crippen LogP contribution in [0, 0.1) is 12.8 Å². The number of sulfonamides is 1. The van der Waals surface area contributed by atoms with E-state index in [2.05, 4.69) is 6.92 Å². The summed E-state index contributed by atoms with van der Waals surface area (Å²) in [6, 6.07) is 1.73. The number of rotatable bonds is 3. The first-order valence-corrected chi connectivity index (χ1v) is 8.34. The molecule has 4 nitrogen and oxygen atoms in total. The number of aryl methyl sites for hydroxylation is 1. The van der Waals surface area contributed by atoms with E-state index in [1.54, 1.807) is 10.4 Å². The van der Waals surface area contributed by atoms with Gasteiger partial charge in [-0.1, -0.05) is 6.92 Å². The summed E-state index contributed by atoms with van der Waals surface area (Å²) in [5, 5.41) is 9.16. The molecule has 1 fully saturated rings. The van der Waals surface area contributed by atoms with Crippen LogP contribution in [0.5, 0.6) is 0 Å². The summed E-state index contributed by atoms with van der Waals surface area (Å²) < 4.78 is 27.0. The van der Waals surface area contributed by atoms with Crippen molar-refractivity contribution in [2.45, 2.75) is 44.0 Å². The minimum atomic E-state index is -3.39. The molecule has 0 radical (unpaired) electrons. The average molecular weight is 289 g/mol. The lowest BCUT2D eigenvalue weighted by atomic mass is 10.1. The second-order valence-corrected chi connectivity index (χ2v) is 8.35. The predicted molar refractivity (Wildman–Crippen MR) is 72.1 cm³/mol. The normalized spacial score (nSPS) is 25.8. The lowest BCUT2D eigenvalue weighted by Gasteiger charge is -2.19. The molecule has 1 saturated heterocycles. The van der Waals surface area contributed by atoms with Gasteiger partial charge in [-0.2, -0.15) is 4.31 Å². The van der Waals surface area contributed by atoms with Gasteiger partial charge in [0.25, 0.3) is 10.0 Å². The molecule has 6 heteroatoms. The molecule has 0 aliphatic carbocycles. The van der Waals surface area contributed by atoms with Crippen molar-refractivity contribution in [3.8, 4) is 0 Å². The van der Waals surface area contributed by atoms with Gasteiger partial charge in [0.15, 0.2) is 0 Å². The first-order chi connectivity index (χ1) is 8.36. The molecule has 2 heterocycles. The van der Waals surface area contributed by atoms with Crippen LogP contribution >= 0.6 is 11.3 Å². The maximum atomic E-state index is 12.5. The molecule has 0 spiro atoms. The van der Waals surface area contributed by atoms with E-state index < -0.39 is 10.0 Å². The van der Waals surface area contributed by atoms with Gasteiger partial charge in [-0.05, 0) is 37.8 Å². The van der Waals surface area contributed by atoms with Crippen molar-refractivity contribution < 1.29 is 13.5 Å². The van der Waals surface area contributed by atoms with E-state index in [4.69, 9.17) is 5.11 Å². The van der Waals surface area contributed by atoms with Crippen molar-refractivity contribution in [1.82, 2.24) is 4.31 Å². The Hall–Kier alpha value is -0.430. The molecule has 0 amide bonds. The standard InChI is InChI=1S/C12H19NO3S2/c1-8-4-10(3)13(6-8)18(15,16)12-5-9(2)11(7-14)17-12/h5,8,10,14H,4,6-7H2,1-3H3. The van der Waals surface area contributed by atoms with Crippen molar-refractivity contribution in [3.63, 3.8) is 0 Å². The van der Waals surface area contributed by atoms with Crippen LogP contribution in [-0.4, -0.2) is 30.4 Å². The molecular formula is C12H19NO3S2. The number of thiophene rings is 1. The molecule has 2 rings (SSSR count). The molecule has 1 N–H and O–H groups in total. The fraction of sp³-hybridized carbons (Fsp3) is 0.667. The molecule has 1 aromatic rings. The SMILES string of the molecule is Cc1cc(S(=O)(=O)N2CC(C)CC2C)sc1CO. The summed E-state index contributed by atoms with van der Waals surface area (Å²) >= 11 is 1.18. The highest BCUT2D eigenvalue weighted by molar-refractivity contribution is 7.91. The van der Waals surface area contributed by atoms with Crippen LogP contribution in [0.3, 0.4) is 0 Å². The summed E-state index contributed by atoms with van der Waals surface area (Å²) in [7, 11) is -3.39. The largest absolute Gasteiger partial charge is 0.391 e. The van der Waals surface area contributed by atoms with E-state index in [9.17, 15) is 8.42 Å². The van der Waals surface area contributed by atoms with Crippen molar-refractivity contribution in [1.29, 1.82) is 0 Å². The monoisotopic (exact) mass is 289 g/mol. The quantitative estimate of drug-likeness (QED) is 0.925. The van der Waals surface area contributed by atoms with Gasteiger partial charge >= 0.3 is 0 Å². The second kappa shape index (κ2) is 4.92. The molecule has 1 aliphatic heterocycles. The highest BCUT2D eigenvalue weighted by Crippen LogP contribution is 2.33. The van der Waals surface area contributed by atoms with E-state index in [0.29, 0.717) is 16.7 Å². The van der Waals surface area contributed by atoms with Gasteiger partial charge < -0.3 is 5.11 Å². The fourth-order valence-corrected chi connectivity index (χ4v) is 5.83. The van der Waals surface area contributed by atoms with Gasteiger partial charge in [0.1, 0.15) is 4.21 Å². The van der Waals surface area contributed by atoms with Gasteiger partial charge in [-0.3, -0.25) is 0 Å². The van der Waals surface area contributed by atoms with E-state index in [-0.39, 0.29) is 12.6 Å². The molecule has 2 atom stereocenters. The van der Waals surface area contributed by atoms with Crippen molar-refractivity contribution >= 4 is 21.4 Å². The van der Waals surface area contributed by atoms with E-state index >= 15 is 0 Å². The van der Waals surface area contributed by atoms with Gasteiger partial charge in [0.2, 0.25) is 0 Å². The van der Waals surface area contributed by atoms with Crippen molar-refractivity contribution in [2.24, 2.45) is 5.92 Å². The molecule has 18 heavy (non-hydrogen) atoms. The van der Waals surface area contributed by atoms with E-state index in [1.165, 1.54) is 11.3 Å². The van der Waals surface area contributed by atoms with Crippen LogP contribution < -0.4 is 0 Å². The van der Waals surface area contributed by atoms with Crippen LogP contribution in [0.1, 0.15) is 30.7 Å². The maximum absolute atomic E-state index is 12.5. The topological polar surface area (TPSA) is 57.6 Å². The Labute approximate surface area is 112 Å². The first-order valence-electron chi connectivity index (χ1n) is 6.08. The Morgan fingerprint density at radius 1 is 1.50 bits per heavy atom. The second-order valence-electron chi connectivity index (χ2n) is 5.09. The Bertz CT molecular complexity index is 536. The average Bonchev–Trinajstić information content (AvgIpc) is 2.82. The highest BCUT2D eigenvalue weighted by Gasteiger charge is 2.37. The zero-order valence-corrected chi connectivity index (χ0v) is 12.5. The third-order valence-corrected chi connectivity index (χ3v) is 7.08. The van der Waals surface area contributed by atoms with E-state index in [1.807, 2.05) is 13.8 Å². The van der Waals surface area contributed by atoms with Crippen molar-refractivity contribution in [3.05, 3.63) is 16.5 Å². The number of hydrogen-bond acceptors (Lipinski definition) is 4. The third-order valence-electron chi connectivity index (χ3n) is 3.43. The zero-order valence-electron chi connectivity index (χ0n) is 10.9. The number of hydrogen-bond donors (Lipinski definition) is 1. The molecule has 0 saturated carbocycles. The summed E-state index contributed by atoms with van der Waals surface area (Å²) in [4.78, 5) is 0.730. The molecule has 1 aliphatic rings. The highest BCUT2D eigenvalue weighted by atomic mass is 32.2. The van der Waals surface area contributed by atoms with Crippen LogP contribution in [0.2, 0.25) is 0 Å². The molecule has 1 aromatic heterocycles. The van der Waals surface area contributed by atoms with Crippen LogP contribution in [-0.2, 0) is 16.6 Å². The molecule has 0 bridgehead atoms. The summed E-state index contributed by atoms with van der Waals surface area (Å²) in [6.45, 7) is 6.35. The molecular weight excluding hydrogens is 270 g/mol. The Morgan fingerprint density at radius 2 is 2.17 bits per heavy atom. The van der Waals surface area contributed by atoms with Crippen LogP contribution in [0.4, 0.5) is 0 Å². The fourth-order valence-electron chi connectivity index (χ4n) is 2.48. The Balaban J connectivity index is 2.36.